The van der Waals surface area contributed by atoms with Crippen LogP contribution in [0, 0.1) is 16.7 Å². The summed E-state index contributed by atoms with van der Waals surface area (Å²) < 4.78 is 5.80. The maximum absolute atomic E-state index is 12.2. The lowest BCUT2D eigenvalue weighted by molar-refractivity contribution is -0.0242. The van der Waals surface area contributed by atoms with Crippen molar-refractivity contribution < 1.29 is 9.53 Å². The molecule has 2 saturated carbocycles. The summed E-state index contributed by atoms with van der Waals surface area (Å²) in [5.74, 6) is 0.477. The zero-order chi connectivity index (χ0) is 15.7. The van der Waals surface area contributed by atoms with Crippen molar-refractivity contribution in [2.75, 3.05) is 0 Å². The van der Waals surface area contributed by atoms with E-state index in [4.69, 9.17) is 4.74 Å². The molecule has 3 heteroatoms. The van der Waals surface area contributed by atoms with Crippen LogP contribution < -0.4 is 0 Å². The number of fused-ring (bicyclic) bond motifs is 2. The van der Waals surface area contributed by atoms with Crippen LogP contribution in [-0.2, 0) is 4.74 Å². The lowest BCUT2D eigenvalue weighted by atomic mass is 9.70. The minimum atomic E-state index is -0.211. The number of aromatic nitrogens is 1. The van der Waals surface area contributed by atoms with E-state index in [-0.39, 0.29) is 22.9 Å². The Morgan fingerprint density at radius 1 is 1.24 bits per heavy atom. The van der Waals surface area contributed by atoms with E-state index >= 15 is 0 Å². The van der Waals surface area contributed by atoms with E-state index in [2.05, 4.69) is 25.8 Å². The molecule has 0 amide bonds. The molecule has 0 radical (unpaired) electrons. The van der Waals surface area contributed by atoms with Gasteiger partial charge in [0.1, 0.15) is 6.10 Å². The molecule has 3 nitrogen and oxygen atoms in total. The minimum absolute atomic E-state index is 0.0573. The van der Waals surface area contributed by atoms with Crippen molar-refractivity contribution >= 4 is 5.97 Å². The molecule has 0 spiro atoms. The topological polar surface area (TPSA) is 39.2 Å². The Morgan fingerprint density at radius 2 is 1.86 bits per heavy atom. The Hall–Kier alpha value is -1.38. The van der Waals surface area contributed by atoms with E-state index in [1.165, 1.54) is 12.8 Å². The molecule has 2 fully saturated rings. The Morgan fingerprint density at radius 3 is 2.33 bits per heavy atom. The summed E-state index contributed by atoms with van der Waals surface area (Å²) in [4.78, 5) is 16.1. The van der Waals surface area contributed by atoms with Crippen LogP contribution >= 0.6 is 0 Å². The molecule has 2 aliphatic rings. The summed E-state index contributed by atoms with van der Waals surface area (Å²) in [6, 6.07) is 3.42. The lowest BCUT2D eigenvalue weighted by Crippen LogP contribution is -2.38. The highest BCUT2D eigenvalue weighted by Gasteiger charge is 2.62. The minimum Gasteiger partial charge on any atom is -0.458 e. The summed E-state index contributed by atoms with van der Waals surface area (Å²) in [5, 5.41) is 0. The van der Waals surface area contributed by atoms with Gasteiger partial charge in [-0.3, -0.25) is 4.98 Å². The normalized spacial score (nSPS) is 32.2. The van der Waals surface area contributed by atoms with Crippen molar-refractivity contribution in [2.45, 2.75) is 60.0 Å². The Labute approximate surface area is 128 Å². The zero-order valence-electron chi connectivity index (χ0n) is 13.8. The number of rotatable bonds is 2. The van der Waals surface area contributed by atoms with Gasteiger partial charge in [-0.15, -0.1) is 0 Å². The Bertz CT molecular complexity index is 497. The molecular formula is C18H27NO2. The maximum atomic E-state index is 12.2. The Balaban J connectivity index is 0.000000774. The third-order valence-corrected chi connectivity index (χ3v) is 5.88. The molecule has 116 valence electrons. The third-order valence-electron chi connectivity index (χ3n) is 5.88. The molecular weight excluding hydrogens is 262 g/mol. The summed E-state index contributed by atoms with van der Waals surface area (Å²) in [6.45, 7) is 10.9. The van der Waals surface area contributed by atoms with E-state index < -0.39 is 0 Å². The number of carbonyl (C=O) groups is 1. The van der Waals surface area contributed by atoms with Crippen LogP contribution in [0.25, 0.3) is 0 Å². The van der Waals surface area contributed by atoms with Crippen LogP contribution in [0.1, 0.15) is 64.2 Å². The summed E-state index contributed by atoms with van der Waals surface area (Å²) in [7, 11) is 0. The predicted molar refractivity (Wildman–Crippen MR) is 84.0 cm³/mol. The highest BCUT2D eigenvalue weighted by atomic mass is 16.5. The van der Waals surface area contributed by atoms with E-state index in [1.807, 2.05) is 13.8 Å². The van der Waals surface area contributed by atoms with Gasteiger partial charge in [-0.2, -0.15) is 0 Å². The molecule has 21 heavy (non-hydrogen) atoms. The molecule has 0 aliphatic heterocycles. The number of hydrogen-bond acceptors (Lipinski definition) is 3. The molecule has 3 atom stereocenters. The van der Waals surface area contributed by atoms with E-state index in [1.54, 1.807) is 24.5 Å². The molecule has 0 saturated heterocycles. The van der Waals surface area contributed by atoms with Crippen molar-refractivity contribution in [1.29, 1.82) is 0 Å². The van der Waals surface area contributed by atoms with Crippen LogP contribution in [0.4, 0.5) is 0 Å². The standard InChI is InChI=1S/C16H21NO2.C2H6/c1-15(2)12-4-7-16(15,3)13(10-12)19-14(18)11-5-8-17-9-6-11;1-2/h5-6,8-9,12-13H,4,7,10H2,1-3H3;1-2H3. The zero-order valence-corrected chi connectivity index (χ0v) is 13.8. The lowest BCUT2D eigenvalue weighted by Gasteiger charge is -2.38. The highest BCUT2D eigenvalue weighted by Crippen LogP contribution is 2.66. The van der Waals surface area contributed by atoms with Crippen molar-refractivity contribution in [2.24, 2.45) is 16.7 Å². The van der Waals surface area contributed by atoms with Crippen LogP contribution in [0.2, 0.25) is 0 Å². The summed E-state index contributed by atoms with van der Waals surface area (Å²) >= 11 is 0. The number of hydrogen-bond donors (Lipinski definition) is 0. The van der Waals surface area contributed by atoms with E-state index in [0.717, 1.165) is 6.42 Å². The molecule has 3 unspecified atom stereocenters. The Kier molecular flexibility index (Phi) is 4.40. The van der Waals surface area contributed by atoms with Crippen molar-refractivity contribution in [3.63, 3.8) is 0 Å². The molecule has 1 heterocycles. The van der Waals surface area contributed by atoms with Gasteiger partial charge in [-0.05, 0) is 42.7 Å². The maximum Gasteiger partial charge on any atom is 0.338 e. The predicted octanol–water partition coefficient (Wildman–Crippen LogP) is 4.48. The van der Waals surface area contributed by atoms with E-state index in [9.17, 15) is 4.79 Å². The fraction of sp³-hybridized carbons (Fsp3) is 0.667. The van der Waals surface area contributed by atoms with Gasteiger partial charge in [0, 0.05) is 17.8 Å². The SMILES string of the molecule is CC.CC1(C)C2CCC1(C)C(OC(=O)c1ccncc1)C2. The second-order valence-corrected chi connectivity index (χ2v) is 6.74. The third kappa shape index (κ3) is 2.47. The first-order chi connectivity index (χ1) is 9.95. The summed E-state index contributed by atoms with van der Waals surface area (Å²) in [5.41, 5.74) is 0.996. The molecule has 3 rings (SSSR count). The van der Waals surface area contributed by atoms with Gasteiger partial charge in [0.15, 0.2) is 0 Å². The second kappa shape index (κ2) is 5.78. The van der Waals surface area contributed by atoms with Crippen molar-refractivity contribution in [3.05, 3.63) is 30.1 Å². The second-order valence-electron chi connectivity index (χ2n) is 6.74. The van der Waals surface area contributed by atoms with Gasteiger partial charge in [0.25, 0.3) is 0 Å². The van der Waals surface area contributed by atoms with Gasteiger partial charge in [0.2, 0.25) is 0 Å². The van der Waals surface area contributed by atoms with Gasteiger partial charge < -0.3 is 4.74 Å². The molecule has 2 aliphatic carbocycles. The first kappa shape index (κ1) is 16.0. The average molecular weight is 289 g/mol. The smallest absolute Gasteiger partial charge is 0.338 e. The quantitative estimate of drug-likeness (QED) is 0.754. The molecule has 2 bridgehead atoms. The highest BCUT2D eigenvalue weighted by molar-refractivity contribution is 5.89. The van der Waals surface area contributed by atoms with Gasteiger partial charge in [0.05, 0.1) is 5.56 Å². The molecule has 1 aromatic rings. The molecule has 0 aromatic carbocycles. The van der Waals surface area contributed by atoms with Crippen LogP contribution in [0.3, 0.4) is 0 Å². The molecule has 0 N–H and O–H groups in total. The van der Waals surface area contributed by atoms with Gasteiger partial charge >= 0.3 is 5.97 Å². The number of pyridine rings is 1. The van der Waals surface area contributed by atoms with Gasteiger partial charge in [-0.25, -0.2) is 4.79 Å². The van der Waals surface area contributed by atoms with Gasteiger partial charge in [-0.1, -0.05) is 34.6 Å². The van der Waals surface area contributed by atoms with Crippen LogP contribution in [-0.4, -0.2) is 17.1 Å². The van der Waals surface area contributed by atoms with Crippen LogP contribution in [0.5, 0.6) is 0 Å². The van der Waals surface area contributed by atoms with Crippen molar-refractivity contribution in [3.8, 4) is 0 Å². The first-order valence-electron chi connectivity index (χ1n) is 8.06. The first-order valence-corrected chi connectivity index (χ1v) is 8.06. The number of ether oxygens (including phenoxy) is 1. The summed E-state index contributed by atoms with van der Waals surface area (Å²) in [6.07, 6.45) is 6.76. The molecule has 1 aromatic heterocycles. The average Bonchev–Trinajstić information content (AvgIpc) is 2.83. The number of carbonyl (C=O) groups excluding carboxylic acids is 1. The fourth-order valence-electron chi connectivity index (χ4n) is 3.99. The van der Waals surface area contributed by atoms with E-state index in [0.29, 0.717) is 11.5 Å². The number of nitrogens with zero attached hydrogens (tertiary/aromatic N) is 1. The van der Waals surface area contributed by atoms with Crippen LogP contribution in [0.15, 0.2) is 24.5 Å². The number of esters is 1. The largest absolute Gasteiger partial charge is 0.458 e. The monoisotopic (exact) mass is 289 g/mol. The fourth-order valence-corrected chi connectivity index (χ4v) is 3.99. The van der Waals surface area contributed by atoms with Crippen molar-refractivity contribution in [1.82, 2.24) is 4.98 Å².